The molecule has 2 unspecified atom stereocenters. The van der Waals surface area contributed by atoms with Crippen LogP contribution < -0.4 is 4.72 Å². The third-order valence-electron chi connectivity index (χ3n) is 12.8. The van der Waals surface area contributed by atoms with E-state index in [0.717, 1.165) is 64.8 Å². The molecule has 0 bridgehead atoms. The first-order valence-electron chi connectivity index (χ1n) is 18.6. The van der Waals surface area contributed by atoms with Gasteiger partial charge in [-0.1, -0.05) is 25.3 Å². The Bertz CT molecular complexity index is 2240. The van der Waals surface area contributed by atoms with Crippen molar-refractivity contribution >= 4 is 27.4 Å². The number of likely N-dealkylation sites (tertiary alicyclic amines) is 1. The number of carbonyl (C=O) groups excluding carboxylic acids is 2. The van der Waals surface area contributed by atoms with Gasteiger partial charge in [-0.2, -0.15) is 18.3 Å². The molecule has 4 atom stereocenters. The Morgan fingerprint density at radius 2 is 1.91 bits per heavy atom. The summed E-state index contributed by atoms with van der Waals surface area (Å²) in [7, 11) is -2.37. The number of ether oxygens (including phenoxy) is 1. The lowest BCUT2D eigenvalue weighted by molar-refractivity contribution is -0.142. The highest BCUT2D eigenvalue weighted by atomic mass is 32.2. The molecule has 286 valence electrons. The van der Waals surface area contributed by atoms with E-state index in [4.69, 9.17) is 4.74 Å². The molecule has 1 spiro atoms. The van der Waals surface area contributed by atoms with Gasteiger partial charge in [0, 0.05) is 23.7 Å². The van der Waals surface area contributed by atoms with Crippen LogP contribution >= 0.6 is 0 Å². The number of carbonyl (C=O) groups is 2. The third kappa shape index (κ3) is 5.16. The van der Waals surface area contributed by atoms with Crippen molar-refractivity contribution in [1.82, 2.24) is 24.3 Å². The highest BCUT2D eigenvalue weighted by Crippen LogP contribution is 2.84. The van der Waals surface area contributed by atoms with Crippen molar-refractivity contribution in [2.45, 2.75) is 93.9 Å². The van der Waals surface area contributed by atoms with Crippen molar-refractivity contribution in [2.24, 2.45) is 11.8 Å². The van der Waals surface area contributed by atoms with E-state index >= 15 is 0 Å². The Kier molecular flexibility index (Phi) is 7.73. The van der Waals surface area contributed by atoms with Crippen LogP contribution in [0.1, 0.15) is 74.8 Å². The first kappa shape index (κ1) is 35.3. The minimum Gasteiger partial charge on any atom is -0.497 e. The standard InChI is InChI=1S/C39H42F3N5O6S/c1-21(2)54(51,52)44-35(48)23-9-11-28-30(15-23)45-18-25(13-24-14-26(53-3)10-12-27(24)34(45)32(28)22-7-5-4-6-8-22)33-29(17-43-47(33)20-39(40,41)42)36(49)46-19-38(50)31-16-37(31,38)46/h9-11,13-15,17,21-22,30-31,50H,4-8,12,16,18-20H2,1-3H3,(H,44,48)/t30?,31?,37-,38+/m0/s1. The van der Waals surface area contributed by atoms with Gasteiger partial charge in [0.2, 0.25) is 10.0 Å². The number of aromatic nitrogens is 2. The van der Waals surface area contributed by atoms with Crippen molar-refractivity contribution in [3.05, 3.63) is 93.2 Å². The lowest BCUT2D eigenvalue weighted by Gasteiger charge is -2.43. The molecule has 1 aromatic heterocycles. The van der Waals surface area contributed by atoms with Crippen molar-refractivity contribution in [3.8, 4) is 0 Å². The fourth-order valence-electron chi connectivity index (χ4n) is 9.77. The highest BCUT2D eigenvalue weighted by Gasteiger charge is 2.99. The molecule has 11 nitrogen and oxygen atoms in total. The summed E-state index contributed by atoms with van der Waals surface area (Å²) in [4.78, 5) is 31.3. The van der Waals surface area contributed by atoms with E-state index in [2.05, 4.69) is 14.7 Å². The molecule has 54 heavy (non-hydrogen) atoms. The van der Waals surface area contributed by atoms with E-state index in [-0.39, 0.29) is 41.8 Å². The number of sulfonamides is 1. The summed E-state index contributed by atoms with van der Waals surface area (Å²) in [6, 6.07) is -0.548. The SMILES string of the molecule is COC1=CCC2=C3C(C4CCCCC4)=C4C=CC(C(=O)NS(=O)(=O)C(C)C)=CC4N3CC(c3c(C(=O)N4C[C@@]5(O)C6C[C@@]645)cnn3CC(F)(F)F)=CC2=C1. The first-order chi connectivity index (χ1) is 25.6. The summed E-state index contributed by atoms with van der Waals surface area (Å²) >= 11 is 0. The van der Waals surface area contributed by atoms with Crippen molar-refractivity contribution in [3.63, 3.8) is 0 Å². The molecule has 0 aromatic carbocycles. The highest BCUT2D eigenvalue weighted by molar-refractivity contribution is 7.90. The maximum atomic E-state index is 14.2. The Morgan fingerprint density at radius 1 is 1.15 bits per heavy atom. The van der Waals surface area contributed by atoms with Gasteiger partial charge < -0.3 is 19.6 Å². The summed E-state index contributed by atoms with van der Waals surface area (Å²) in [5, 5.41) is 14.1. The van der Waals surface area contributed by atoms with Crippen LogP contribution in [-0.4, -0.2) is 93.7 Å². The number of nitrogens with one attached hydrogen (secondary N) is 1. The maximum Gasteiger partial charge on any atom is 0.408 e. The van der Waals surface area contributed by atoms with Crippen LogP contribution in [0.4, 0.5) is 13.2 Å². The summed E-state index contributed by atoms with van der Waals surface area (Å²) in [6.07, 6.45) is 13.7. The fraction of sp³-hybridized carbons (Fsp3) is 0.513. The average Bonchev–Trinajstić information content (AvgIpc) is 3.89. The molecule has 15 heteroatoms. The van der Waals surface area contributed by atoms with Crippen molar-refractivity contribution in [1.29, 1.82) is 0 Å². The second-order valence-electron chi connectivity index (χ2n) is 16.0. The van der Waals surface area contributed by atoms with Gasteiger partial charge in [-0.25, -0.2) is 13.1 Å². The molecule has 1 saturated heterocycles. The quantitative estimate of drug-likeness (QED) is 0.385. The number of allylic oxidation sites excluding steroid dienone is 6. The number of amides is 2. The average molecular weight is 766 g/mol. The van der Waals surface area contributed by atoms with E-state index in [0.29, 0.717) is 24.2 Å². The molecule has 8 aliphatic rings. The minimum absolute atomic E-state index is 0.000970. The smallest absolute Gasteiger partial charge is 0.408 e. The van der Waals surface area contributed by atoms with E-state index in [9.17, 15) is 36.3 Å². The summed E-state index contributed by atoms with van der Waals surface area (Å²) in [5.74, 6) is -0.444. The van der Waals surface area contributed by atoms with E-state index in [1.54, 1.807) is 24.2 Å². The third-order valence-corrected chi connectivity index (χ3v) is 14.5. The lowest BCUT2D eigenvalue weighted by atomic mass is 9.78. The number of nitrogens with zero attached hydrogens (tertiary/aromatic N) is 4. The molecule has 3 saturated carbocycles. The van der Waals surface area contributed by atoms with Gasteiger partial charge >= 0.3 is 6.18 Å². The monoisotopic (exact) mass is 765 g/mol. The molecule has 4 fully saturated rings. The molecule has 0 radical (unpaired) electrons. The molecular weight excluding hydrogens is 724 g/mol. The number of hydrogen-bond acceptors (Lipinski definition) is 8. The zero-order chi connectivity index (χ0) is 38.1. The number of alkyl halides is 3. The van der Waals surface area contributed by atoms with Gasteiger partial charge in [0.15, 0.2) is 0 Å². The van der Waals surface area contributed by atoms with Gasteiger partial charge in [0.25, 0.3) is 11.8 Å². The first-order valence-corrected chi connectivity index (χ1v) is 20.2. The van der Waals surface area contributed by atoms with Gasteiger partial charge in [-0.15, -0.1) is 0 Å². The van der Waals surface area contributed by atoms with Gasteiger partial charge in [-0.05, 0) is 104 Å². The van der Waals surface area contributed by atoms with E-state index in [1.807, 2.05) is 24.3 Å². The fourth-order valence-corrected chi connectivity index (χ4v) is 10.4. The Morgan fingerprint density at radius 3 is 2.54 bits per heavy atom. The predicted octanol–water partition coefficient (Wildman–Crippen LogP) is 4.83. The normalized spacial score (nSPS) is 29.9. The van der Waals surface area contributed by atoms with Crippen LogP contribution in [-0.2, 0) is 26.1 Å². The molecular formula is C39H42F3N5O6S. The van der Waals surface area contributed by atoms with Crippen molar-refractivity contribution < 1.29 is 41.0 Å². The molecule has 3 aliphatic heterocycles. The minimum atomic E-state index is -4.64. The number of rotatable bonds is 8. The second kappa shape index (κ2) is 11.8. The van der Waals surface area contributed by atoms with Crippen LogP contribution in [0.5, 0.6) is 0 Å². The van der Waals surface area contributed by atoms with Crippen LogP contribution in [0.25, 0.3) is 5.57 Å². The van der Waals surface area contributed by atoms with Crippen LogP contribution in [0, 0.1) is 11.8 Å². The van der Waals surface area contributed by atoms with Gasteiger partial charge in [-0.3, -0.25) is 14.3 Å². The molecule has 4 heterocycles. The zero-order valence-electron chi connectivity index (χ0n) is 30.2. The number of piperidine rings is 1. The molecule has 2 amide bonds. The van der Waals surface area contributed by atoms with Crippen molar-refractivity contribution in [2.75, 3.05) is 20.2 Å². The van der Waals surface area contributed by atoms with E-state index < -0.39 is 57.0 Å². The van der Waals surface area contributed by atoms with Crippen LogP contribution in [0.3, 0.4) is 0 Å². The number of hydrogen-bond donors (Lipinski definition) is 2. The topological polar surface area (TPSA) is 134 Å². The lowest BCUT2D eigenvalue weighted by Crippen LogP contribution is -2.61. The van der Waals surface area contributed by atoms with Crippen LogP contribution in [0.2, 0.25) is 0 Å². The van der Waals surface area contributed by atoms with E-state index in [1.165, 1.54) is 20.0 Å². The summed E-state index contributed by atoms with van der Waals surface area (Å²) in [5.41, 5.74) is 3.83. The zero-order valence-corrected chi connectivity index (χ0v) is 31.1. The molecule has 1 aromatic rings. The number of methoxy groups -OCH3 is 1. The van der Waals surface area contributed by atoms with Crippen LogP contribution in [0.15, 0.2) is 82.0 Å². The Hall–Kier alpha value is -4.37. The number of aliphatic hydroxyl groups is 1. The predicted molar refractivity (Wildman–Crippen MR) is 191 cm³/mol. The summed E-state index contributed by atoms with van der Waals surface area (Å²) in [6.45, 7) is 1.74. The number of fused-ring (bicyclic) bond motifs is 5. The molecule has 5 aliphatic carbocycles. The number of β-amino-alcohol motifs (C(OH)–C–C–N with tert-alkyl or cyclic N) is 1. The maximum absolute atomic E-state index is 14.2. The molecule has 2 N–H and O–H groups in total. The largest absolute Gasteiger partial charge is 0.497 e. The summed E-state index contributed by atoms with van der Waals surface area (Å²) < 4.78 is 76.6. The van der Waals surface area contributed by atoms with Gasteiger partial charge in [0.05, 0.1) is 47.9 Å². The Balaban J connectivity index is 1.19. The second-order valence-corrected chi connectivity index (χ2v) is 18.3. The molecule has 9 rings (SSSR count). The van der Waals surface area contributed by atoms with Gasteiger partial charge in [0.1, 0.15) is 17.9 Å². The Labute approximate surface area is 311 Å². The number of halogens is 3.